The number of ether oxygens (including phenoxy) is 2. The molecule has 0 saturated heterocycles. The monoisotopic (exact) mass is 618 g/mol. The van der Waals surface area contributed by atoms with Gasteiger partial charge in [0.05, 0.1) is 4.92 Å². The maximum Gasteiger partial charge on any atom is 0.311 e. The van der Waals surface area contributed by atoms with Crippen molar-refractivity contribution < 1.29 is 28.3 Å². The minimum atomic E-state index is -3.04. The summed E-state index contributed by atoms with van der Waals surface area (Å²) in [6.07, 6.45) is 2.93. The van der Waals surface area contributed by atoms with Gasteiger partial charge in [0.2, 0.25) is 0 Å². The van der Waals surface area contributed by atoms with Crippen molar-refractivity contribution in [3.8, 4) is 5.75 Å². The number of nitro groups is 1. The predicted octanol–water partition coefficient (Wildman–Crippen LogP) is 8.21. The number of rotatable bonds is 18. The standard InChI is InChI=1S/C36H40F2N2O5/c1-35(41,32-21-22-34(33(25-32)40(42)43)45-27-30-17-9-5-10-18-30)39(26-29-15-7-4-8-16-29)23-13-2-3-14-24-44-28-36(37,38)31-19-11-6-12-20-31/h4-12,15-22,25,41H,2-3,13-14,23-24,26-28H2,1H3. The van der Waals surface area contributed by atoms with Gasteiger partial charge in [0.25, 0.3) is 5.92 Å². The molecule has 0 bridgehead atoms. The molecule has 1 atom stereocenters. The van der Waals surface area contributed by atoms with E-state index in [1.54, 1.807) is 31.2 Å². The van der Waals surface area contributed by atoms with Crippen LogP contribution >= 0.6 is 0 Å². The minimum Gasteiger partial charge on any atom is -0.482 e. The second kappa shape index (κ2) is 16.2. The van der Waals surface area contributed by atoms with Crippen LogP contribution in [0.4, 0.5) is 14.5 Å². The molecule has 0 aliphatic carbocycles. The van der Waals surface area contributed by atoms with Crippen molar-refractivity contribution in [3.63, 3.8) is 0 Å². The number of hydrogen-bond donors (Lipinski definition) is 1. The van der Waals surface area contributed by atoms with Crippen molar-refractivity contribution in [3.05, 3.63) is 142 Å². The maximum absolute atomic E-state index is 14.3. The number of aliphatic hydroxyl groups is 1. The molecule has 0 aliphatic heterocycles. The molecule has 4 rings (SSSR count). The Morgan fingerprint density at radius 1 is 0.800 bits per heavy atom. The van der Waals surface area contributed by atoms with E-state index in [-0.39, 0.29) is 30.2 Å². The number of unbranched alkanes of at least 4 members (excludes halogenated alkanes) is 3. The second-order valence-corrected chi connectivity index (χ2v) is 11.2. The van der Waals surface area contributed by atoms with E-state index in [2.05, 4.69) is 0 Å². The molecule has 0 saturated carbocycles. The molecule has 0 aliphatic rings. The largest absolute Gasteiger partial charge is 0.482 e. The molecular formula is C36H40F2N2O5. The van der Waals surface area contributed by atoms with Crippen molar-refractivity contribution in [2.24, 2.45) is 0 Å². The molecular weight excluding hydrogens is 578 g/mol. The van der Waals surface area contributed by atoms with Crippen LogP contribution in [0.3, 0.4) is 0 Å². The Bertz CT molecular complexity index is 1470. The van der Waals surface area contributed by atoms with Crippen LogP contribution in [0.5, 0.6) is 5.75 Å². The van der Waals surface area contributed by atoms with Crippen molar-refractivity contribution in [1.82, 2.24) is 4.90 Å². The number of nitrogens with zero attached hydrogens (tertiary/aromatic N) is 2. The van der Waals surface area contributed by atoms with Crippen LogP contribution in [0, 0.1) is 10.1 Å². The van der Waals surface area contributed by atoms with Crippen molar-refractivity contribution in [2.45, 2.75) is 57.4 Å². The first-order chi connectivity index (χ1) is 21.7. The highest BCUT2D eigenvalue weighted by Gasteiger charge is 2.34. The average molecular weight is 619 g/mol. The number of hydrogen-bond acceptors (Lipinski definition) is 6. The summed E-state index contributed by atoms with van der Waals surface area (Å²) in [5.41, 5.74) is 0.447. The molecule has 9 heteroatoms. The third-order valence-corrected chi connectivity index (χ3v) is 7.72. The molecule has 7 nitrogen and oxygen atoms in total. The summed E-state index contributed by atoms with van der Waals surface area (Å²) in [4.78, 5) is 13.4. The number of halogens is 2. The zero-order chi connectivity index (χ0) is 32.1. The van der Waals surface area contributed by atoms with Gasteiger partial charge in [-0.1, -0.05) is 110 Å². The van der Waals surface area contributed by atoms with E-state index < -0.39 is 23.2 Å². The molecule has 0 radical (unpaired) electrons. The molecule has 1 N–H and O–H groups in total. The van der Waals surface area contributed by atoms with E-state index in [9.17, 15) is 24.0 Å². The van der Waals surface area contributed by atoms with Crippen molar-refractivity contribution in [2.75, 3.05) is 19.8 Å². The van der Waals surface area contributed by atoms with Gasteiger partial charge in [0.1, 0.15) is 18.9 Å². The summed E-state index contributed by atoms with van der Waals surface area (Å²) in [5, 5.41) is 23.8. The second-order valence-electron chi connectivity index (χ2n) is 11.2. The lowest BCUT2D eigenvalue weighted by Crippen LogP contribution is -2.44. The summed E-state index contributed by atoms with van der Waals surface area (Å²) < 4.78 is 39.7. The minimum absolute atomic E-state index is 0.0600. The van der Waals surface area contributed by atoms with Gasteiger partial charge in [-0.05, 0) is 37.0 Å². The van der Waals surface area contributed by atoms with E-state index in [1.165, 1.54) is 24.3 Å². The molecule has 0 fully saturated rings. The Balaban J connectivity index is 1.35. The van der Waals surface area contributed by atoms with Gasteiger partial charge in [-0.15, -0.1) is 0 Å². The van der Waals surface area contributed by atoms with Gasteiger partial charge in [-0.25, -0.2) is 0 Å². The third kappa shape index (κ3) is 9.91. The van der Waals surface area contributed by atoms with Gasteiger partial charge >= 0.3 is 5.69 Å². The molecule has 4 aromatic carbocycles. The first-order valence-corrected chi connectivity index (χ1v) is 15.1. The van der Waals surface area contributed by atoms with Gasteiger partial charge in [-0.2, -0.15) is 8.78 Å². The van der Waals surface area contributed by atoms with E-state index in [0.29, 0.717) is 25.1 Å². The molecule has 238 valence electrons. The van der Waals surface area contributed by atoms with Crippen molar-refractivity contribution in [1.29, 1.82) is 0 Å². The van der Waals surface area contributed by atoms with Gasteiger partial charge in [0.15, 0.2) is 5.75 Å². The summed E-state index contributed by atoms with van der Waals surface area (Å²) in [5.74, 6) is -2.91. The lowest BCUT2D eigenvalue weighted by molar-refractivity contribution is -0.386. The topological polar surface area (TPSA) is 85.1 Å². The van der Waals surface area contributed by atoms with Crippen LogP contribution in [0.1, 0.15) is 54.9 Å². The lowest BCUT2D eigenvalue weighted by atomic mass is 10.00. The Hall–Kier alpha value is -4.18. The van der Waals surface area contributed by atoms with E-state index in [1.807, 2.05) is 65.6 Å². The Labute approximate surface area is 263 Å². The fraction of sp³-hybridized carbons (Fsp3) is 0.333. The SMILES string of the molecule is CC(O)(c1ccc(OCc2ccccc2)c([N+](=O)[O-])c1)N(CCCCCCOCC(F)(F)c1ccccc1)Cc1ccccc1. The maximum atomic E-state index is 14.3. The number of nitro benzene ring substituents is 1. The quantitative estimate of drug-likeness (QED) is 0.0524. The van der Waals surface area contributed by atoms with Crippen LogP contribution in [0.15, 0.2) is 109 Å². The smallest absolute Gasteiger partial charge is 0.311 e. The zero-order valence-electron chi connectivity index (χ0n) is 25.5. The molecule has 0 heterocycles. The molecule has 4 aromatic rings. The lowest BCUT2D eigenvalue weighted by Gasteiger charge is -2.37. The van der Waals surface area contributed by atoms with E-state index in [0.717, 1.165) is 30.4 Å². The van der Waals surface area contributed by atoms with Crippen LogP contribution < -0.4 is 4.74 Å². The van der Waals surface area contributed by atoms with Gasteiger partial charge < -0.3 is 14.6 Å². The van der Waals surface area contributed by atoms with Crippen LogP contribution in [-0.2, 0) is 29.5 Å². The molecule has 0 amide bonds. The third-order valence-electron chi connectivity index (χ3n) is 7.72. The van der Waals surface area contributed by atoms with E-state index >= 15 is 0 Å². The Morgan fingerprint density at radius 2 is 1.40 bits per heavy atom. The molecule has 1 unspecified atom stereocenters. The fourth-order valence-corrected chi connectivity index (χ4v) is 5.08. The summed E-state index contributed by atoms with van der Waals surface area (Å²) in [6.45, 7) is 2.32. The highest BCUT2D eigenvalue weighted by molar-refractivity contribution is 5.50. The Kier molecular flexibility index (Phi) is 12.2. The first-order valence-electron chi connectivity index (χ1n) is 15.1. The summed E-state index contributed by atoms with van der Waals surface area (Å²) in [7, 11) is 0. The Morgan fingerprint density at radius 3 is 2.04 bits per heavy atom. The fourth-order valence-electron chi connectivity index (χ4n) is 5.08. The highest BCUT2D eigenvalue weighted by atomic mass is 19.3. The normalized spacial score (nSPS) is 13.0. The van der Waals surface area contributed by atoms with Crippen LogP contribution in [-0.4, -0.2) is 34.7 Å². The van der Waals surface area contributed by atoms with Gasteiger partial charge in [-0.3, -0.25) is 15.0 Å². The van der Waals surface area contributed by atoms with Crippen LogP contribution in [0.25, 0.3) is 0 Å². The summed E-state index contributed by atoms with van der Waals surface area (Å²) in [6, 6.07) is 31.3. The molecule has 45 heavy (non-hydrogen) atoms. The average Bonchev–Trinajstić information content (AvgIpc) is 3.05. The van der Waals surface area contributed by atoms with Crippen molar-refractivity contribution >= 4 is 5.69 Å². The molecule has 0 aromatic heterocycles. The number of benzene rings is 4. The van der Waals surface area contributed by atoms with Crippen LogP contribution in [0.2, 0.25) is 0 Å². The van der Waals surface area contributed by atoms with E-state index in [4.69, 9.17) is 9.47 Å². The zero-order valence-corrected chi connectivity index (χ0v) is 25.5. The van der Waals surface area contributed by atoms with Gasteiger partial charge in [0, 0.05) is 36.9 Å². The number of alkyl halides is 2. The highest BCUT2D eigenvalue weighted by Crippen LogP contribution is 2.35. The first kappa shape index (κ1) is 33.7. The molecule has 0 spiro atoms. The summed E-state index contributed by atoms with van der Waals surface area (Å²) >= 11 is 0. The predicted molar refractivity (Wildman–Crippen MR) is 170 cm³/mol.